The van der Waals surface area contributed by atoms with Crippen molar-refractivity contribution in [2.24, 2.45) is 5.92 Å². The molecular weight excluding hydrogens is 186 g/mol. The minimum Gasteiger partial charge on any atom is -0.385 e. The van der Waals surface area contributed by atoms with Gasteiger partial charge in [0.05, 0.1) is 5.60 Å². The van der Waals surface area contributed by atoms with Gasteiger partial charge in [-0.3, -0.25) is 0 Å². The fourth-order valence-corrected chi connectivity index (χ4v) is 1.96. The monoisotopic (exact) mass is 198 g/mol. The molecular formula is C11H12F2O. The van der Waals surface area contributed by atoms with Crippen LogP contribution < -0.4 is 0 Å². The molecule has 1 saturated carbocycles. The zero-order valence-corrected chi connectivity index (χ0v) is 7.93. The number of hydrogen-bond donors (Lipinski definition) is 1. The van der Waals surface area contributed by atoms with Gasteiger partial charge in [0.1, 0.15) is 11.6 Å². The smallest absolute Gasteiger partial charge is 0.129 e. The third kappa shape index (κ3) is 1.32. The summed E-state index contributed by atoms with van der Waals surface area (Å²) in [6.07, 6.45) is 1.32. The fourth-order valence-electron chi connectivity index (χ4n) is 1.96. The highest BCUT2D eigenvalue weighted by atomic mass is 19.1. The van der Waals surface area contributed by atoms with Crippen LogP contribution in [0, 0.1) is 17.6 Å². The van der Waals surface area contributed by atoms with Crippen molar-refractivity contribution in [1.82, 2.24) is 0 Å². The van der Waals surface area contributed by atoms with Crippen molar-refractivity contribution >= 4 is 0 Å². The highest BCUT2D eigenvalue weighted by Gasteiger charge is 2.54. The Bertz CT molecular complexity index is 364. The van der Waals surface area contributed by atoms with Crippen LogP contribution >= 0.6 is 0 Å². The van der Waals surface area contributed by atoms with E-state index in [1.54, 1.807) is 0 Å². The molecule has 1 aliphatic rings. The SMILES string of the molecule is CCC1CC1(O)c1cc(F)ccc1F. The normalized spacial score (nSPS) is 30.4. The van der Waals surface area contributed by atoms with Gasteiger partial charge in [-0.1, -0.05) is 13.3 Å². The molecule has 76 valence electrons. The van der Waals surface area contributed by atoms with E-state index in [4.69, 9.17) is 0 Å². The van der Waals surface area contributed by atoms with E-state index in [1.165, 1.54) is 0 Å². The van der Waals surface area contributed by atoms with Gasteiger partial charge in [0.15, 0.2) is 0 Å². The topological polar surface area (TPSA) is 20.2 Å². The molecule has 0 saturated heterocycles. The summed E-state index contributed by atoms with van der Waals surface area (Å²) in [5.74, 6) is -0.958. The Morgan fingerprint density at radius 1 is 1.50 bits per heavy atom. The van der Waals surface area contributed by atoms with E-state index in [2.05, 4.69) is 0 Å². The van der Waals surface area contributed by atoms with Gasteiger partial charge in [0.2, 0.25) is 0 Å². The van der Waals surface area contributed by atoms with E-state index in [1.807, 2.05) is 6.92 Å². The first kappa shape index (κ1) is 9.59. The predicted molar refractivity (Wildman–Crippen MR) is 48.7 cm³/mol. The highest BCUT2D eigenvalue weighted by Crippen LogP contribution is 2.54. The fraction of sp³-hybridized carbons (Fsp3) is 0.455. The molecule has 1 nitrogen and oxygen atoms in total. The second-order valence-electron chi connectivity index (χ2n) is 3.86. The first-order chi connectivity index (χ1) is 6.58. The maximum atomic E-state index is 13.3. The highest BCUT2D eigenvalue weighted by molar-refractivity contribution is 5.31. The summed E-state index contributed by atoms with van der Waals surface area (Å²) in [6.45, 7) is 1.93. The Morgan fingerprint density at radius 2 is 2.21 bits per heavy atom. The zero-order valence-electron chi connectivity index (χ0n) is 7.93. The molecule has 0 aliphatic heterocycles. The Balaban J connectivity index is 2.38. The molecule has 1 aromatic carbocycles. The van der Waals surface area contributed by atoms with Gasteiger partial charge in [-0.25, -0.2) is 8.78 Å². The summed E-state index contributed by atoms with van der Waals surface area (Å²) in [6, 6.07) is 3.21. The number of hydrogen-bond acceptors (Lipinski definition) is 1. The van der Waals surface area contributed by atoms with E-state index in [0.717, 1.165) is 24.6 Å². The van der Waals surface area contributed by atoms with Crippen LogP contribution in [0.3, 0.4) is 0 Å². The lowest BCUT2D eigenvalue weighted by Crippen LogP contribution is -2.11. The molecule has 1 N–H and O–H groups in total. The number of rotatable bonds is 2. The second kappa shape index (κ2) is 3.02. The van der Waals surface area contributed by atoms with Gasteiger partial charge < -0.3 is 5.11 Å². The van der Waals surface area contributed by atoms with Crippen molar-refractivity contribution in [2.75, 3.05) is 0 Å². The summed E-state index contributed by atoms with van der Waals surface area (Å²) in [7, 11) is 0. The van der Waals surface area contributed by atoms with Crippen molar-refractivity contribution in [3.63, 3.8) is 0 Å². The summed E-state index contributed by atoms with van der Waals surface area (Å²) in [4.78, 5) is 0. The quantitative estimate of drug-likeness (QED) is 0.774. The van der Waals surface area contributed by atoms with Crippen LogP contribution in [0.25, 0.3) is 0 Å². The minimum absolute atomic E-state index is 0.0683. The summed E-state index contributed by atoms with van der Waals surface area (Å²) >= 11 is 0. The third-order valence-corrected chi connectivity index (χ3v) is 2.96. The maximum Gasteiger partial charge on any atom is 0.129 e. The van der Waals surface area contributed by atoms with Gasteiger partial charge in [-0.15, -0.1) is 0 Å². The molecule has 0 heterocycles. The van der Waals surface area contributed by atoms with Crippen LogP contribution in [0.5, 0.6) is 0 Å². The summed E-state index contributed by atoms with van der Waals surface area (Å²) < 4.78 is 26.1. The lowest BCUT2D eigenvalue weighted by molar-refractivity contribution is 0.125. The van der Waals surface area contributed by atoms with E-state index < -0.39 is 17.2 Å². The molecule has 0 spiro atoms. The van der Waals surface area contributed by atoms with Gasteiger partial charge in [0, 0.05) is 5.56 Å². The molecule has 3 heteroatoms. The maximum absolute atomic E-state index is 13.3. The second-order valence-corrected chi connectivity index (χ2v) is 3.86. The average molecular weight is 198 g/mol. The number of benzene rings is 1. The summed E-state index contributed by atoms with van der Waals surface area (Å²) in [5.41, 5.74) is -1.02. The van der Waals surface area contributed by atoms with Crippen LogP contribution in [0.1, 0.15) is 25.3 Å². The Hall–Kier alpha value is -0.960. The molecule has 1 aromatic rings. The van der Waals surface area contributed by atoms with Gasteiger partial charge >= 0.3 is 0 Å². The third-order valence-electron chi connectivity index (χ3n) is 2.96. The molecule has 0 aromatic heterocycles. The first-order valence-electron chi connectivity index (χ1n) is 4.76. The van der Waals surface area contributed by atoms with Crippen LogP contribution in [-0.4, -0.2) is 5.11 Å². The van der Waals surface area contributed by atoms with E-state index in [0.29, 0.717) is 6.42 Å². The standard InChI is InChI=1S/C11H12F2O/c1-2-7-6-11(7,14)9-5-8(12)3-4-10(9)13/h3-5,7,14H,2,6H2,1H3. The van der Waals surface area contributed by atoms with Gasteiger partial charge in [0.25, 0.3) is 0 Å². The Kier molecular flexibility index (Phi) is 2.07. The van der Waals surface area contributed by atoms with Crippen LogP contribution in [-0.2, 0) is 5.60 Å². The zero-order chi connectivity index (χ0) is 10.3. The summed E-state index contributed by atoms with van der Waals surface area (Å²) in [5, 5.41) is 9.96. The van der Waals surface area contributed by atoms with Crippen LogP contribution in [0.4, 0.5) is 8.78 Å². The van der Waals surface area contributed by atoms with Crippen LogP contribution in [0.15, 0.2) is 18.2 Å². The van der Waals surface area contributed by atoms with Gasteiger partial charge in [-0.2, -0.15) is 0 Å². The van der Waals surface area contributed by atoms with E-state index >= 15 is 0 Å². The largest absolute Gasteiger partial charge is 0.385 e. The predicted octanol–water partition coefficient (Wildman–Crippen LogP) is 2.58. The van der Waals surface area contributed by atoms with Gasteiger partial charge in [-0.05, 0) is 30.5 Å². The molecule has 0 radical (unpaired) electrons. The first-order valence-corrected chi connectivity index (χ1v) is 4.76. The average Bonchev–Trinajstić information content (AvgIpc) is 2.83. The molecule has 2 unspecified atom stereocenters. The Labute approximate surface area is 81.4 Å². The Morgan fingerprint density at radius 3 is 2.79 bits per heavy atom. The molecule has 2 rings (SSSR count). The lowest BCUT2D eigenvalue weighted by atomic mass is 10.0. The molecule has 2 atom stereocenters. The van der Waals surface area contributed by atoms with Crippen molar-refractivity contribution < 1.29 is 13.9 Å². The number of aliphatic hydroxyl groups is 1. The lowest BCUT2D eigenvalue weighted by Gasteiger charge is -2.11. The minimum atomic E-state index is -1.12. The van der Waals surface area contributed by atoms with Crippen molar-refractivity contribution in [3.05, 3.63) is 35.4 Å². The van der Waals surface area contributed by atoms with Crippen molar-refractivity contribution in [3.8, 4) is 0 Å². The number of halogens is 2. The molecule has 1 fully saturated rings. The van der Waals surface area contributed by atoms with Crippen molar-refractivity contribution in [2.45, 2.75) is 25.4 Å². The van der Waals surface area contributed by atoms with Crippen LogP contribution in [0.2, 0.25) is 0 Å². The molecule has 1 aliphatic carbocycles. The van der Waals surface area contributed by atoms with Crippen molar-refractivity contribution in [1.29, 1.82) is 0 Å². The molecule has 0 bridgehead atoms. The molecule has 0 amide bonds. The molecule has 14 heavy (non-hydrogen) atoms. The van der Waals surface area contributed by atoms with E-state index in [9.17, 15) is 13.9 Å². The van der Waals surface area contributed by atoms with E-state index in [-0.39, 0.29) is 11.5 Å².